The van der Waals surface area contributed by atoms with E-state index >= 15 is 19.2 Å². The van der Waals surface area contributed by atoms with Gasteiger partial charge >= 0.3 is 0 Å². The van der Waals surface area contributed by atoms with E-state index in [0.29, 0.717) is 72.1 Å². The van der Waals surface area contributed by atoms with Crippen molar-refractivity contribution < 1.29 is 19.2 Å². The summed E-state index contributed by atoms with van der Waals surface area (Å²) in [7, 11) is 0. The van der Waals surface area contributed by atoms with E-state index in [9.17, 15) is 0 Å². The van der Waals surface area contributed by atoms with Crippen molar-refractivity contribution in [3.05, 3.63) is 113 Å². The van der Waals surface area contributed by atoms with E-state index in [2.05, 4.69) is 104 Å². The summed E-state index contributed by atoms with van der Waals surface area (Å²) in [5.74, 6) is 0.951. The number of fused-ring (bicyclic) bond motifs is 3. The molecule has 0 N–H and O–H groups in total. The maximum Gasteiger partial charge on any atom is 0.261 e. The number of unbranched alkanes of at least 4 members (excludes halogenated alkanes) is 4. The molecular weight excluding hydrogens is 1100 g/mol. The van der Waals surface area contributed by atoms with Crippen LogP contribution in [0.1, 0.15) is 178 Å². The molecule has 4 aliphatic heterocycles. The van der Waals surface area contributed by atoms with Crippen LogP contribution in [0, 0.1) is 23.7 Å². The van der Waals surface area contributed by atoms with Crippen molar-refractivity contribution in [2.45, 2.75) is 158 Å². The van der Waals surface area contributed by atoms with E-state index in [1.807, 2.05) is 42.5 Å². The van der Waals surface area contributed by atoms with Crippen LogP contribution in [0.2, 0.25) is 0 Å². The molecule has 4 amide bonds. The van der Waals surface area contributed by atoms with Gasteiger partial charge in [-0.2, -0.15) is 8.75 Å². The molecule has 4 atom stereocenters. The molecule has 81 heavy (non-hydrogen) atoms. The predicted molar refractivity (Wildman–Crippen MR) is 340 cm³/mol. The largest absolute Gasteiger partial charge is 0.306 e. The number of hydrogen-bond acceptors (Lipinski definition) is 11. The first kappa shape index (κ1) is 58.9. The second kappa shape index (κ2) is 26.5. The molecule has 4 unspecified atom stereocenters. The van der Waals surface area contributed by atoms with E-state index in [4.69, 9.17) is 8.75 Å². The van der Waals surface area contributed by atoms with E-state index < -0.39 is 0 Å². The molecule has 5 aromatic heterocycles. The summed E-state index contributed by atoms with van der Waals surface area (Å²) >= 11 is 7.58. The van der Waals surface area contributed by atoms with E-state index in [1.165, 1.54) is 11.7 Å². The molecule has 4 aliphatic rings. The van der Waals surface area contributed by atoms with Gasteiger partial charge in [0.25, 0.3) is 23.6 Å². The van der Waals surface area contributed by atoms with Gasteiger partial charge in [0.2, 0.25) is 0 Å². The average Bonchev–Trinajstić information content (AvgIpc) is 4.54. The SMILES string of the molecule is CCCCC(CC)CN1C(=O)C2=C(c3ccc(-c4ccc(-c5ccc(C6=C7C(=O)N(CC(CC)CCCC)C(c8cccs8)=C7C(=O)N6CC(CC)CCCC)s5)c5nsnc45)s3)N(CC(CC)CCCC)C(=O)C2=C1c1cccs1. The monoisotopic (exact) mass is 1180 g/mol. The lowest BCUT2D eigenvalue weighted by Crippen LogP contribution is -2.34. The fraction of sp³-hybridized carbons (Fsp3) is 0.485. The van der Waals surface area contributed by atoms with Crippen LogP contribution in [-0.2, 0) is 19.2 Å². The molecule has 428 valence electrons. The van der Waals surface area contributed by atoms with Crippen molar-refractivity contribution in [3.8, 4) is 20.9 Å². The van der Waals surface area contributed by atoms with Crippen LogP contribution in [0.4, 0.5) is 0 Å². The zero-order valence-electron chi connectivity index (χ0n) is 48.7. The number of hydrogen-bond donors (Lipinski definition) is 0. The maximum atomic E-state index is 15.3. The minimum Gasteiger partial charge on any atom is -0.306 e. The van der Waals surface area contributed by atoms with Crippen LogP contribution in [0.3, 0.4) is 0 Å². The number of amides is 4. The minimum absolute atomic E-state index is 0.0720. The van der Waals surface area contributed by atoms with E-state index in [-0.39, 0.29) is 23.6 Å². The summed E-state index contributed by atoms with van der Waals surface area (Å²) in [6.07, 6.45) is 16.7. The molecule has 0 saturated heterocycles. The first-order chi connectivity index (χ1) is 39.5. The Hall–Kier alpha value is -5.32. The number of thiophene rings is 4. The number of rotatable bonds is 30. The molecule has 10 rings (SSSR count). The molecule has 0 spiro atoms. The van der Waals surface area contributed by atoms with Crippen LogP contribution < -0.4 is 0 Å². The second-order valence-corrected chi connectivity index (χ2v) is 27.2. The van der Waals surface area contributed by atoms with Crippen molar-refractivity contribution in [2.24, 2.45) is 23.7 Å². The number of carbonyl (C=O) groups is 4. The molecule has 0 saturated carbocycles. The standard InChI is InChI=1S/C66H80N6O4S5/c1-9-17-23-41(13-5)37-69-59(49-27-21-35-77-49)53-55(65(69)75)61(71(63(53)73)39-43(15-7)25-19-11-3)51-33-31-47(79-51)45-29-30-46(58-57(45)67-81-68-58)48-32-34-52(80-48)62-56-54(64(74)72(62)40-44(16-8)26-20-12-4)60(50-28-22-36-78-50)70(66(56)76)38-42(14-6)24-18-10-2/h21-22,27-36,41-44H,9-20,23-26,37-40H2,1-8H3. The van der Waals surface area contributed by atoms with Crippen molar-refractivity contribution >= 4 is 115 Å². The van der Waals surface area contributed by atoms with Gasteiger partial charge in [-0.25, -0.2) is 0 Å². The zero-order chi connectivity index (χ0) is 56.9. The highest BCUT2D eigenvalue weighted by Crippen LogP contribution is 2.53. The first-order valence-corrected chi connectivity index (χ1v) is 34.4. The molecule has 10 nitrogen and oxygen atoms in total. The highest BCUT2D eigenvalue weighted by atomic mass is 32.1. The average molecular weight is 1180 g/mol. The normalized spacial score (nSPS) is 17.2. The fourth-order valence-electron chi connectivity index (χ4n) is 12.5. The summed E-state index contributed by atoms with van der Waals surface area (Å²) in [5.41, 5.74) is 8.63. The Morgan fingerprint density at radius 1 is 0.383 bits per heavy atom. The minimum atomic E-state index is -0.0720. The van der Waals surface area contributed by atoms with Gasteiger partial charge < -0.3 is 19.6 Å². The Morgan fingerprint density at radius 3 is 0.951 bits per heavy atom. The van der Waals surface area contributed by atoms with Gasteiger partial charge in [-0.3, -0.25) is 19.2 Å². The van der Waals surface area contributed by atoms with Crippen LogP contribution >= 0.6 is 57.1 Å². The Bertz CT molecular complexity index is 3150. The maximum absolute atomic E-state index is 15.3. The Labute approximate surface area is 500 Å². The summed E-state index contributed by atoms with van der Waals surface area (Å²) in [5, 5.41) is 4.08. The molecule has 0 aliphatic carbocycles. The van der Waals surface area contributed by atoms with Crippen molar-refractivity contribution in [3.63, 3.8) is 0 Å². The lowest BCUT2D eigenvalue weighted by molar-refractivity contribution is -0.124. The van der Waals surface area contributed by atoms with Gasteiger partial charge in [-0.1, -0.05) is 157 Å². The fourth-order valence-corrected chi connectivity index (χ4v) is 16.9. The van der Waals surface area contributed by atoms with Gasteiger partial charge in [-0.05, 0) is 96.5 Å². The quantitative estimate of drug-likeness (QED) is 0.0445. The van der Waals surface area contributed by atoms with Gasteiger partial charge in [0, 0.05) is 47.1 Å². The van der Waals surface area contributed by atoms with E-state index in [0.717, 1.165) is 177 Å². The van der Waals surface area contributed by atoms with Crippen LogP contribution in [0.15, 0.2) is 93.7 Å². The summed E-state index contributed by atoms with van der Waals surface area (Å²) in [6, 6.07) is 20.8. The summed E-state index contributed by atoms with van der Waals surface area (Å²) < 4.78 is 9.92. The summed E-state index contributed by atoms with van der Waals surface area (Å²) in [6.45, 7) is 20.0. The highest BCUT2D eigenvalue weighted by Gasteiger charge is 2.52. The molecule has 9 heterocycles. The second-order valence-electron chi connectivity index (χ2n) is 22.6. The molecule has 0 bridgehead atoms. The molecule has 15 heteroatoms. The smallest absolute Gasteiger partial charge is 0.261 e. The van der Waals surface area contributed by atoms with Crippen molar-refractivity contribution in [2.75, 3.05) is 26.2 Å². The number of aromatic nitrogens is 2. The molecule has 1 aromatic carbocycles. The number of benzene rings is 1. The highest BCUT2D eigenvalue weighted by molar-refractivity contribution is 7.17. The van der Waals surface area contributed by atoms with Gasteiger partial charge in [0.05, 0.1) is 76.3 Å². The molecule has 0 fully saturated rings. The third kappa shape index (κ3) is 11.4. The lowest BCUT2D eigenvalue weighted by atomic mass is 9.98. The molecule has 6 aromatic rings. The zero-order valence-corrected chi connectivity index (χ0v) is 52.8. The topological polar surface area (TPSA) is 107 Å². The third-order valence-corrected chi connectivity index (χ3v) is 22.0. The van der Waals surface area contributed by atoms with Gasteiger partial charge in [0.15, 0.2) is 0 Å². The van der Waals surface area contributed by atoms with Gasteiger partial charge in [-0.15, -0.1) is 45.3 Å². The van der Waals surface area contributed by atoms with Crippen LogP contribution in [0.5, 0.6) is 0 Å². The Morgan fingerprint density at radius 2 is 0.679 bits per heavy atom. The third-order valence-electron chi connectivity index (χ3n) is 17.4. The van der Waals surface area contributed by atoms with Gasteiger partial charge in [0.1, 0.15) is 11.0 Å². The summed E-state index contributed by atoms with van der Waals surface area (Å²) in [4.78, 5) is 74.5. The van der Waals surface area contributed by atoms with Crippen molar-refractivity contribution in [1.82, 2.24) is 28.3 Å². The van der Waals surface area contributed by atoms with E-state index in [1.54, 1.807) is 45.3 Å². The Balaban J connectivity index is 1.04. The molecule has 0 radical (unpaired) electrons. The van der Waals surface area contributed by atoms with Crippen LogP contribution in [0.25, 0.3) is 54.7 Å². The van der Waals surface area contributed by atoms with Crippen molar-refractivity contribution in [1.29, 1.82) is 0 Å². The Kier molecular flexibility index (Phi) is 19.3. The van der Waals surface area contributed by atoms with Crippen LogP contribution in [-0.4, -0.2) is 78.2 Å². The molecular formula is C66H80N6O4S5. The number of carbonyl (C=O) groups excluding carboxylic acids is 4. The number of nitrogens with zero attached hydrogens (tertiary/aromatic N) is 6. The predicted octanol–water partition coefficient (Wildman–Crippen LogP) is 17.8. The first-order valence-electron chi connectivity index (χ1n) is 30.3. The lowest BCUT2D eigenvalue weighted by Gasteiger charge is -2.29.